The molecule has 0 amide bonds. The molecular formula is C14H16O2. The van der Waals surface area contributed by atoms with Crippen LogP contribution in [0.3, 0.4) is 0 Å². The van der Waals surface area contributed by atoms with Gasteiger partial charge in [-0.1, -0.05) is 24.3 Å². The fraction of sp³-hybridized carbons (Fsp3) is 0.500. The molecule has 1 N–H and O–H groups in total. The lowest BCUT2D eigenvalue weighted by atomic mass is 9.64. The van der Waals surface area contributed by atoms with Crippen molar-refractivity contribution < 1.29 is 9.90 Å². The van der Waals surface area contributed by atoms with Crippen molar-refractivity contribution in [2.75, 3.05) is 0 Å². The number of benzene rings is 1. The van der Waals surface area contributed by atoms with Crippen LogP contribution in [0.25, 0.3) is 0 Å². The molecule has 0 saturated heterocycles. The molecule has 1 unspecified atom stereocenters. The third kappa shape index (κ3) is 1.16. The molecule has 2 bridgehead atoms. The molecule has 3 fully saturated rings. The summed E-state index contributed by atoms with van der Waals surface area (Å²) in [5, 5.41) is 9.14. The summed E-state index contributed by atoms with van der Waals surface area (Å²) in [6, 6.07) is 8.43. The summed E-state index contributed by atoms with van der Waals surface area (Å²) in [5.41, 5.74) is 2.89. The van der Waals surface area contributed by atoms with Gasteiger partial charge in [-0.25, -0.2) is 0 Å². The molecule has 2 nitrogen and oxygen atoms in total. The van der Waals surface area contributed by atoms with Crippen LogP contribution in [-0.2, 0) is 10.2 Å². The Balaban J connectivity index is 1.94. The second-order valence-corrected chi connectivity index (χ2v) is 5.41. The van der Waals surface area contributed by atoms with Crippen molar-refractivity contribution in [1.82, 2.24) is 0 Å². The molecule has 1 atom stereocenters. The predicted molar refractivity (Wildman–Crippen MR) is 61.3 cm³/mol. The van der Waals surface area contributed by atoms with Crippen molar-refractivity contribution >= 4 is 5.97 Å². The molecule has 0 radical (unpaired) electrons. The molecule has 4 rings (SSSR count). The highest BCUT2D eigenvalue weighted by Gasteiger charge is 2.59. The van der Waals surface area contributed by atoms with E-state index in [4.69, 9.17) is 5.11 Å². The van der Waals surface area contributed by atoms with Crippen molar-refractivity contribution in [2.45, 2.75) is 31.6 Å². The molecule has 84 valence electrons. The van der Waals surface area contributed by atoms with Gasteiger partial charge in [0.05, 0.1) is 5.92 Å². The average Bonchev–Trinajstić information content (AvgIpc) is 2.73. The van der Waals surface area contributed by atoms with Gasteiger partial charge in [0, 0.05) is 0 Å². The number of hydrogen-bond donors (Lipinski definition) is 1. The molecular weight excluding hydrogens is 200 g/mol. The van der Waals surface area contributed by atoms with Gasteiger partial charge in [-0.05, 0) is 48.6 Å². The summed E-state index contributed by atoms with van der Waals surface area (Å²) in [6.45, 7) is 2.13. The smallest absolute Gasteiger partial charge is 0.306 e. The Morgan fingerprint density at radius 1 is 1.31 bits per heavy atom. The largest absolute Gasteiger partial charge is 0.481 e. The third-order valence-corrected chi connectivity index (χ3v) is 4.52. The summed E-state index contributed by atoms with van der Waals surface area (Å²) in [7, 11) is 0. The van der Waals surface area contributed by atoms with Crippen molar-refractivity contribution in [1.29, 1.82) is 0 Å². The van der Waals surface area contributed by atoms with Crippen LogP contribution in [0, 0.1) is 18.8 Å². The molecule has 3 aliphatic carbocycles. The molecule has 16 heavy (non-hydrogen) atoms. The number of carbonyl (C=O) groups is 1. The standard InChI is InChI=1S/C14H16O2/c1-9-4-2-3-5-12(9)14-6-10(7-14)11(8-14)13(15)16/h2-5,10-11H,6-8H2,1H3,(H,15,16). The number of hydrogen-bond acceptors (Lipinski definition) is 1. The van der Waals surface area contributed by atoms with Gasteiger partial charge in [0.1, 0.15) is 0 Å². The van der Waals surface area contributed by atoms with Crippen LogP contribution in [0.4, 0.5) is 0 Å². The second kappa shape index (κ2) is 3.09. The van der Waals surface area contributed by atoms with Crippen LogP contribution >= 0.6 is 0 Å². The molecule has 0 heterocycles. The van der Waals surface area contributed by atoms with E-state index in [2.05, 4.69) is 31.2 Å². The summed E-state index contributed by atoms with van der Waals surface area (Å²) in [4.78, 5) is 11.1. The van der Waals surface area contributed by atoms with Gasteiger partial charge in [-0.2, -0.15) is 0 Å². The maximum atomic E-state index is 11.1. The number of carboxylic acid groups (broad SMARTS) is 1. The minimum absolute atomic E-state index is 0.0976. The van der Waals surface area contributed by atoms with Crippen molar-refractivity contribution in [3.63, 3.8) is 0 Å². The van der Waals surface area contributed by atoms with Gasteiger partial charge in [0.15, 0.2) is 0 Å². The molecule has 2 heteroatoms. The summed E-state index contributed by atoms with van der Waals surface area (Å²) in [6.07, 6.45) is 3.00. The van der Waals surface area contributed by atoms with Gasteiger partial charge in [0.2, 0.25) is 0 Å². The monoisotopic (exact) mass is 216 g/mol. The first-order chi connectivity index (χ1) is 7.62. The highest BCUT2D eigenvalue weighted by atomic mass is 16.4. The van der Waals surface area contributed by atoms with E-state index < -0.39 is 5.97 Å². The average molecular weight is 216 g/mol. The van der Waals surface area contributed by atoms with E-state index >= 15 is 0 Å². The third-order valence-electron chi connectivity index (χ3n) is 4.52. The van der Waals surface area contributed by atoms with Gasteiger partial charge >= 0.3 is 5.97 Å². The van der Waals surface area contributed by atoms with Crippen LogP contribution in [0.5, 0.6) is 0 Å². The first-order valence-electron chi connectivity index (χ1n) is 5.91. The Hall–Kier alpha value is -1.31. The zero-order valence-corrected chi connectivity index (χ0v) is 9.44. The van der Waals surface area contributed by atoms with Crippen LogP contribution < -0.4 is 0 Å². The van der Waals surface area contributed by atoms with E-state index in [1.807, 2.05) is 0 Å². The molecule has 0 aliphatic heterocycles. The van der Waals surface area contributed by atoms with Crippen LogP contribution in [0.2, 0.25) is 0 Å². The number of fused-ring (bicyclic) bond motifs is 1. The van der Waals surface area contributed by atoms with E-state index in [0.29, 0.717) is 5.92 Å². The summed E-state index contributed by atoms with van der Waals surface area (Å²) >= 11 is 0. The first kappa shape index (κ1) is 9.88. The second-order valence-electron chi connectivity index (χ2n) is 5.41. The van der Waals surface area contributed by atoms with Gasteiger partial charge in [0.25, 0.3) is 0 Å². The SMILES string of the molecule is Cc1ccccc1C12CC(C1)C(C(=O)O)C2. The van der Waals surface area contributed by atoms with Crippen LogP contribution in [0.1, 0.15) is 30.4 Å². The van der Waals surface area contributed by atoms with Gasteiger partial charge in [-0.15, -0.1) is 0 Å². The number of carboxylic acids is 1. The first-order valence-corrected chi connectivity index (χ1v) is 5.91. The molecule has 1 aromatic rings. The van der Waals surface area contributed by atoms with E-state index in [9.17, 15) is 4.79 Å². The van der Waals surface area contributed by atoms with Crippen molar-refractivity contribution in [3.8, 4) is 0 Å². The Bertz CT molecular complexity index is 444. The van der Waals surface area contributed by atoms with Crippen molar-refractivity contribution in [2.24, 2.45) is 11.8 Å². The number of aryl methyl sites for hydroxylation is 1. The lowest BCUT2D eigenvalue weighted by Gasteiger charge is -2.40. The molecule has 3 saturated carbocycles. The minimum Gasteiger partial charge on any atom is -0.481 e. The number of aliphatic carboxylic acids is 1. The highest BCUT2D eigenvalue weighted by Crippen LogP contribution is 2.63. The fourth-order valence-corrected chi connectivity index (χ4v) is 3.77. The van der Waals surface area contributed by atoms with Gasteiger partial charge in [-0.3, -0.25) is 4.79 Å². The van der Waals surface area contributed by atoms with Crippen LogP contribution in [0.15, 0.2) is 24.3 Å². The predicted octanol–water partition coefficient (Wildman–Crippen LogP) is 2.75. The lowest BCUT2D eigenvalue weighted by molar-refractivity contribution is -0.142. The normalized spacial score (nSPS) is 35.8. The van der Waals surface area contributed by atoms with E-state index in [0.717, 1.165) is 19.3 Å². The quantitative estimate of drug-likeness (QED) is 0.825. The Kier molecular flexibility index (Phi) is 1.91. The fourth-order valence-electron chi connectivity index (χ4n) is 3.77. The van der Waals surface area contributed by atoms with Crippen LogP contribution in [-0.4, -0.2) is 11.1 Å². The molecule has 1 aromatic carbocycles. The zero-order chi connectivity index (χ0) is 11.3. The Morgan fingerprint density at radius 2 is 2.00 bits per heavy atom. The number of rotatable bonds is 2. The summed E-state index contributed by atoms with van der Waals surface area (Å²) in [5.74, 6) is -0.269. The summed E-state index contributed by atoms with van der Waals surface area (Å²) < 4.78 is 0. The Labute approximate surface area is 95.3 Å². The van der Waals surface area contributed by atoms with E-state index in [1.165, 1.54) is 11.1 Å². The molecule has 0 spiro atoms. The molecule has 3 aliphatic rings. The molecule has 0 aromatic heterocycles. The van der Waals surface area contributed by atoms with Crippen molar-refractivity contribution in [3.05, 3.63) is 35.4 Å². The van der Waals surface area contributed by atoms with E-state index in [-0.39, 0.29) is 11.3 Å². The maximum Gasteiger partial charge on any atom is 0.306 e. The highest BCUT2D eigenvalue weighted by molar-refractivity contribution is 5.72. The van der Waals surface area contributed by atoms with E-state index in [1.54, 1.807) is 0 Å². The topological polar surface area (TPSA) is 37.3 Å². The minimum atomic E-state index is -0.599. The van der Waals surface area contributed by atoms with Gasteiger partial charge < -0.3 is 5.11 Å². The Morgan fingerprint density at radius 3 is 2.56 bits per heavy atom. The zero-order valence-electron chi connectivity index (χ0n) is 9.44. The maximum absolute atomic E-state index is 11.1. The lowest BCUT2D eigenvalue weighted by Crippen LogP contribution is -2.33.